The van der Waals surface area contributed by atoms with Gasteiger partial charge in [0.25, 0.3) is 0 Å². The molecule has 0 unspecified atom stereocenters. The summed E-state index contributed by atoms with van der Waals surface area (Å²) in [4.78, 5) is 19.6. The van der Waals surface area contributed by atoms with Crippen molar-refractivity contribution in [2.75, 3.05) is 5.32 Å². The number of anilines is 1. The van der Waals surface area contributed by atoms with Crippen molar-refractivity contribution in [1.82, 2.24) is 14.5 Å². The first-order valence-corrected chi connectivity index (χ1v) is 10.1. The number of imidazole rings is 1. The van der Waals surface area contributed by atoms with Gasteiger partial charge in [0.1, 0.15) is 23.9 Å². The summed E-state index contributed by atoms with van der Waals surface area (Å²) in [5.41, 5.74) is 1.53. The highest BCUT2D eigenvalue weighted by molar-refractivity contribution is 5.88. The summed E-state index contributed by atoms with van der Waals surface area (Å²) >= 11 is 0. The molecule has 7 nitrogen and oxygen atoms in total. The number of aryl methyl sites for hydroxylation is 1. The normalized spacial score (nSPS) is 11.3. The molecule has 0 saturated carbocycles. The number of carbonyl (C=O) groups is 1. The molecule has 34 heavy (non-hydrogen) atoms. The number of alkyl halides is 3. The van der Waals surface area contributed by atoms with E-state index in [1.165, 1.54) is 25.4 Å². The third-order valence-corrected chi connectivity index (χ3v) is 5.04. The Labute approximate surface area is 192 Å². The number of ether oxygens (including phenoxy) is 1. The number of nitrogens with zero attached hydrogens (tertiary/aromatic N) is 4. The maximum Gasteiger partial charge on any atom is 0.419 e. The molecule has 0 bridgehead atoms. The van der Waals surface area contributed by atoms with Crippen LogP contribution in [-0.2, 0) is 24.6 Å². The van der Waals surface area contributed by atoms with Crippen LogP contribution in [0.5, 0.6) is 5.75 Å². The Kier molecular flexibility index (Phi) is 5.94. The van der Waals surface area contributed by atoms with Crippen molar-refractivity contribution in [3.05, 3.63) is 71.7 Å². The van der Waals surface area contributed by atoms with Gasteiger partial charge in [-0.1, -0.05) is 12.1 Å². The van der Waals surface area contributed by atoms with E-state index >= 15 is 0 Å². The molecule has 1 amide bonds. The number of pyridine rings is 1. The zero-order valence-electron chi connectivity index (χ0n) is 18.1. The van der Waals surface area contributed by atoms with Gasteiger partial charge in [0.15, 0.2) is 5.69 Å². The summed E-state index contributed by atoms with van der Waals surface area (Å²) in [6.07, 6.45) is -3.17. The van der Waals surface area contributed by atoms with E-state index in [0.717, 1.165) is 6.07 Å². The molecular weight excluding hydrogens is 447 g/mol. The molecule has 0 aliphatic carbocycles. The Balaban J connectivity index is 1.68. The van der Waals surface area contributed by atoms with Crippen molar-refractivity contribution in [1.29, 1.82) is 5.26 Å². The molecule has 10 heteroatoms. The summed E-state index contributed by atoms with van der Waals surface area (Å²) in [5, 5.41) is 12.0. The van der Waals surface area contributed by atoms with Gasteiger partial charge in [-0.25, -0.2) is 9.97 Å². The average Bonchev–Trinajstić information content (AvgIpc) is 3.17. The Bertz CT molecular complexity index is 1440. The van der Waals surface area contributed by atoms with Crippen LogP contribution in [0.2, 0.25) is 0 Å². The summed E-state index contributed by atoms with van der Waals surface area (Å²) < 4.78 is 48.8. The van der Waals surface area contributed by atoms with E-state index in [4.69, 9.17) is 4.74 Å². The number of hydrogen-bond acceptors (Lipinski definition) is 5. The largest absolute Gasteiger partial charge is 0.488 e. The number of rotatable bonds is 5. The first kappa shape index (κ1) is 22.8. The molecule has 0 aliphatic rings. The first-order chi connectivity index (χ1) is 16.2. The fourth-order valence-corrected chi connectivity index (χ4v) is 3.49. The molecule has 4 rings (SSSR count). The van der Waals surface area contributed by atoms with Gasteiger partial charge >= 0.3 is 6.18 Å². The first-order valence-electron chi connectivity index (χ1n) is 10.1. The number of aromatic nitrogens is 3. The van der Waals surface area contributed by atoms with Crippen LogP contribution in [-0.4, -0.2) is 20.4 Å². The number of nitrogens with one attached hydrogen (secondary N) is 1. The lowest BCUT2D eigenvalue weighted by Gasteiger charge is -2.16. The smallest absolute Gasteiger partial charge is 0.419 e. The summed E-state index contributed by atoms with van der Waals surface area (Å²) in [6, 6.07) is 13.8. The summed E-state index contributed by atoms with van der Waals surface area (Å²) in [5.74, 6) is -0.603. The highest BCUT2D eigenvalue weighted by Gasteiger charge is 2.35. The molecule has 0 fully saturated rings. The molecule has 0 radical (unpaired) electrons. The van der Waals surface area contributed by atoms with Crippen molar-refractivity contribution in [3.63, 3.8) is 0 Å². The van der Waals surface area contributed by atoms with Crippen LogP contribution in [0.4, 0.5) is 18.9 Å². The van der Waals surface area contributed by atoms with Crippen molar-refractivity contribution in [2.24, 2.45) is 7.05 Å². The average molecular weight is 465 g/mol. The van der Waals surface area contributed by atoms with Gasteiger partial charge < -0.3 is 14.6 Å². The van der Waals surface area contributed by atoms with E-state index in [1.807, 2.05) is 6.07 Å². The molecule has 1 N–H and O–H groups in total. The number of benzene rings is 2. The lowest BCUT2D eigenvalue weighted by atomic mass is 10.0. The number of hydrogen-bond donors (Lipinski definition) is 1. The maximum atomic E-state index is 13.9. The molecule has 0 spiro atoms. The third-order valence-electron chi connectivity index (χ3n) is 5.04. The van der Waals surface area contributed by atoms with Gasteiger partial charge in [-0.05, 0) is 42.0 Å². The number of fused-ring (bicyclic) bond motifs is 1. The third kappa shape index (κ3) is 4.68. The van der Waals surface area contributed by atoms with Crippen LogP contribution in [0.3, 0.4) is 0 Å². The molecule has 2 aromatic heterocycles. The van der Waals surface area contributed by atoms with Gasteiger partial charge in [0.05, 0.1) is 23.1 Å². The number of halogens is 3. The SMILES string of the molecule is CC(=O)Nc1cccc(COc2ccc(-c3cc4c(ncn4C)c(C#N)n3)cc2C(F)(F)F)c1. The zero-order valence-corrected chi connectivity index (χ0v) is 18.1. The topological polar surface area (TPSA) is 92.8 Å². The summed E-state index contributed by atoms with van der Waals surface area (Å²) in [6.45, 7) is 1.23. The summed E-state index contributed by atoms with van der Waals surface area (Å²) in [7, 11) is 1.72. The fraction of sp³-hybridized carbons (Fsp3) is 0.167. The number of nitriles is 1. The second kappa shape index (κ2) is 8.86. The van der Waals surface area contributed by atoms with E-state index in [9.17, 15) is 23.2 Å². The fourth-order valence-electron chi connectivity index (χ4n) is 3.49. The minimum atomic E-state index is -4.68. The predicted molar refractivity (Wildman–Crippen MR) is 119 cm³/mol. The Morgan fingerprint density at radius 1 is 1.21 bits per heavy atom. The van der Waals surface area contributed by atoms with E-state index in [-0.39, 0.29) is 35.2 Å². The van der Waals surface area contributed by atoms with Crippen molar-refractivity contribution in [3.8, 4) is 23.1 Å². The van der Waals surface area contributed by atoms with Crippen LogP contribution in [0.1, 0.15) is 23.7 Å². The molecule has 0 aliphatic heterocycles. The molecule has 172 valence electrons. The Morgan fingerprint density at radius 2 is 2.00 bits per heavy atom. The van der Waals surface area contributed by atoms with Gasteiger partial charge in [0.2, 0.25) is 5.91 Å². The van der Waals surface area contributed by atoms with E-state index in [1.54, 1.807) is 41.9 Å². The van der Waals surface area contributed by atoms with Crippen molar-refractivity contribution in [2.45, 2.75) is 19.7 Å². The van der Waals surface area contributed by atoms with E-state index in [0.29, 0.717) is 22.3 Å². The lowest BCUT2D eigenvalue weighted by Crippen LogP contribution is -2.10. The molecule has 0 saturated heterocycles. The van der Waals surface area contributed by atoms with Crippen LogP contribution in [0.25, 0.3) is 22.3 Å². The second-order valence-electron chi connectivity index (χ2n) is 7.57. The standard InChI is InChI=1S/C24H18F3N5O2/c1-14(33)30-17-5-3-4-15(8-17)12-34-22-7-6-16(9-18(22)24(25,26)27)19-10-21-23(20(11-28)31-19)29-13-32(21)2/h3-10,13H,12H2,1-2H3,(H,30,33). The van der Waals surface area contributed by atoms with Gasteiger partial charge in [0, 0.05) is 25.2 Å². The second-order valence-corrected chi connectivity index (χ2v) is 7.57. The Morgan fingerprint density at radius 3 is 2.71 bits per heavy atom. The molecule has 4 aromatic rings. The van der Waals surface area contributed by atoms with E-state index < -0.39 is 11.7 Å². The van der Waals surface area contributed by atoms with E-state index in [2.05, 4.69) is 15.3 Å². The minimum Gasteiger partial charge on any atom is -0.488 e. The molecular formula is C24H18F3N5O2. The van der Waals surface area contributed by atoms with Gasteiger partial charge in [-0.2, -0.15) is 18.4 Å². The zero-order chi connectivity index (χ0) is 24.5. The van der Waals surface area contributed by atoms with Crippen LogP contribution < -0.4 is 10.1 Å². The van der Waals surface area contributed by atoms with Crippen molar-refractivity contribution < 1.29 is 22.7 Å². The molecule has 2 aromatic carbocycles. The predicted octanol–water partition coefficient (Wildman–Crippen LogP) is 5.06. The molecule has 2 heterocycles. The maximum absolute atomic E-state index is 13.9. The van der Waals surface area contributed by atoms with Crippen LogP contribution >= 0.6 is 0 Å². The highest BCUT2D eigenvalue weighted by atomic mass is 19.4. The lowest BCUT2D eigenvalue weighted by molar-refractivity contribution is -0.139. The Hall–Kier alpha value is -4.39. The quantitative estimate of drug-likeness (QED) is 0.445. The molecule has 0 atom stereocenters. The van der Waals surface area contributed by atoms with Crippen LogP contribution in [0.15, 0.2) is 54.9 Å². The van der Waals surface area contributed by atoms with Crippen molar-refractivity contribution >= 4 is 22.6 Å². The highest BCUT2D eigenvalue weighted by Crippen LogP contribution is 2.39. The monoisotopic (exact) mass is 465 g/mol. The van der Waals surface area contributed by atoms with Gasteiger partial charge in [-0.3, -0.25) is 4.79 Å². The minimum absolute atomic E-state index is 0.0287. The number of amides is 1. The van der Waals surface area contributed by atoms with Crippen LogP contribution in [0, 0.1) is 11.3 Å². The number of carbonyl (C=O) groups excluding carboxylic acids is 1. The van der Waals surface area contributed by atoms with Gasteiger partial charge in [-0.15, -0.1) is 0 Å².